The minimum absolute atomic E-state index is 0.0338. The normalized spacial score (nSPS) is 18.8. The van der Waals surface area contributed by atoms with E-state index in [1.807, 2.05) is 30.3 Å². The average Bonchev–Trinajstić information content (AvgIpc) is 2.94. The summed E-state index contributed by atoms with van der Waals surface area (Å²) in [5.41, 5.74) is 2.80. The van der Waals surface area contributed by atoms with Crippen molar-refractivity contribution in [1.29, 1.82) is 0 Å². The number of hydrogen-bond acceptors (Lipinski definition) is 5. The fourth-order valence-electron chi connectivity index (χ4n) is 5.55. The zero-order valence-corrected chi connectivity index (χ0v) is 21.8. The summed E-state index contributed by atoms with van der Waals surface area (Å²) >= 11 is 0. The van der Waals surface area contributed by atoms with Crippen LogP contribution in [0.25, 0.3) is 0 Å². The van der Waals surface area contributed by atoms with Gasteiger partial charge in [0.25, 0.3) is 5.91 Å². The first kappa shape index (κ1) is 26.2. The Morgan fingerprint density at radius 3 is 2.28 bits per heavy atom. The predicted octanol–water partition coefficient (Wildman–Crippen LogP) is 5.98. The number of hydrogen-bond donors (Lipinski definition) is 2. The highest BCUT2D eigenvalue weighted by Crippen LogP contribution is 2.49. The molecule has 5 rings (SSSR count). The number of para-hydroxylation sites is 2. The van der Waals surface area contributed by atoms with Crippen LogP contribution in [0.4, 0.5) is 14.5 Å². The van der Waals surface area contributed by atoms with Crippen molar-refractivity contribution >= 4 is 17.4 Å². The first-order chi connectivity index (χ1) is 18.8. The van der Waals surface area contributed by atoms with Gasteiger partial charge in [-0.1, -0.05) is 48.5 Å². The third-order valence-corrected chi connectivity index (χ3v) is 7.29. The Labute approximate surface area is 225 Å². The van der Waals surface area contributed by atoms with Crippen molar-refractivity contribution in [2.24, 2.45) is 0 Å². The molecule has 1 amide bonds. The lowest BCUT2D eigenvalue weighted by molar-refractivity contribution is -0.116. The number of allylic oxidation sites excluding steroid dienone is 3. The average molecular weight is 531 g/mol. The van der Waals surface area contributed by atoms with E-state index < -0.39 is 29.1 Å². The fourth-order valence-corrected chi connectivity index (χ4v) is 5.55. The molecule has 1 heterocycles. The van der Waals surface area contributed by atoms with E-state index in [1.165, 1.54) is 20.3 Å². The van der Waals surface area contributed by atoms with E-state index in [1.54, 1.807) is 25.1 Å². The molecule has 2 unspecified atom stereocenters. The van der Waals surface area contributed by atoms with Crippen molar-refractivity contribution < 1.29 is 27.8 Å². The molecule has 39 heavy (non-hydrogen) atoms. The van der Waals surface area contributed by atoms with Crippen molar-refractivity contribution in [2.45, 2.75) is 31.6 Å². The molecule has 1 aliphatic heterocycles. The number of carbonyl (C=O) groups excluding carboxylic acids is 2. The quantitative estimate of drug-likeness (QED) is 0.410. The zero-order chi connectivity index (χ0) is 27.7. The summed E-state index contributed by atoms with van der Waals surface area (Å²) in [6.07, 6.45) is 0.811. The van der Waals surface area contributed by atoms with Crippen LogP contribution in [-0.4, -0.2) is 25.9 Å². The molecule has 0 saturated carbocycles. The number of dihydropyridines is 1. The molecule has 0 radical (unpaired) electrons. The van der Waals surface area contributed by atoms with E-state index in [4.69, 9.17) is 9.47 Å². The molecule has 200 valence electrons. The van der Waals surface area contributed by atoms with E-state index in [0.717, 1.165) is 17.7 Å². The number of nitrogens with one attached hydrogen (secondary N) is 2. The number of benzene rings is 3. The van der Waals surface area contributed by atoms with Crippen LogP contribution >= 0.6 is 0 Å². The zero-order valence-electron chi connectivity index (χ0n) is 21.8. The largest absolute Gasteiger partial charge is 0.493 e. The highest BCUT2D eigenvalue weighted by molar-refractivity contribution is 6.10. The molecule has 8 heteroatoms. The summed E-state index contributed by atoms with van der Waals surface area (Å²) < 4.78 is 40.1. The molecule has 0 saturated heterocycles. The third kappa shape index (κ3) is 4.78. The second kappa shape index (κ2) is 10.7. The van der Waals surface area contributed by atoms with Crippen LogP contribution in [0.1, 0.15) is 42.7 Å². The third-order valence-electron chi connectivity index (χ3n) is 7.29. The van der Waals surface area contributed by atoms with E-state index >= 15 is 0 Å². The van der Waals surface area contributed by atoms with Gasteiger partial charge < -0.3 is 20.1 Å². The Hall–Kier alpha value is -4.46. The minimum Gasteiger partial charge on any atom is -0.493 e. The monoisotopic (exact) mass is 530 g/mol. The van der Waals surface area contributed by atoms with Gasteiger partial charge >= 0.3 is 0 Å². The molecule has 3 aromatic carbocycles. The molecule has 0 fully saturated rings. The first-order valence-electron chi connectivity index (χ1n) is 12.6. The number of ketones is 1. The fraction of sp³-hybridized carbons (Fsp3) is 0.226. The summed E-state index contributed by atoms with van der Waals surface area (Å²) in [5.74, 6) is -2.75. The molecule has 0 spiro atoms. The van der Waals surface area contributed by atoms with E-state index in [0.29, 0.717) is 40.5 Å². The molecule has 2 aliphatic rings. The number of amides is 1. The molecule has 0 aromatic heterocycles. The van der Waals surface area contributed by atoms with Crippen LogP contribution in [0, 0.1) is 11.6 Å². The number of methoxy groups -OCH3 is 2. The van der Waals surface area contributed by atoms with E-state index in [9.17, 15) is 18.4 Å². The maximum atomic E-state index is 14.5. The Bertz CT molecular complexity index is 1490. The smallest absolute Gasteiger partial charge is 0.254 e. The van der Waals surface area contributed by atoms with Gasteiger partial charge in [0, 0.05) is 34.5 Å². The lowest BCUT2D eigenvalue weighted by Gasteiger charge is -2.37. The number of halogens is 2. The van der Waals surface area contributed by atoms with Gasteiger partial charge in [0.2, 0.25) is 0 Å². The summed E-state index contributed by atoms with van der Waals surface area (Å²) in [5, 5.41) is 5.67. The van der Waals surface area contributed by atoms with Gasteiger partial charge in [0.15, 0.2) is 17.3 Å². The second-order valence-corrected chi connectivity index (χ2v) is 9.56. The van der Waals surface area contributed by atoms with Crippen molar-refractivity contribution in [1.82, 2.24) is 5.32 Å². The molecule has 3 aromatic rings. The standard InChI is InChI=1S/C31H28F2N2O4/c1-17-26(31(37)35-29-21(32)12-8-13-22(29)33)27(20-11-7-14-25(38-2)30(20)39-3)28-23(34-17)15-19(16-24(28)36)18-9-5-4-6-10-18/h4-14,19,27,34H,15-16H2,1-3H3,(H,35,37). The maximum absolute atomic E-state index is 14.5. The second-order valence-electron chi connectivity index (χ2n) is 9.56. The van der Waals surface area contributed by atoms with Crippen LogP contribution < -0.4 is 20.1 Å². The highest BCUT2D eigenvalue weighted by atomic mass is 19.1. The lowest BCUT2D eigenvalue weighted by Crippen LogP contribution is -2.37. The SMILES string of the molecule is COc1cccc(C2C(C(=O)Nc3c(F)cccc3F)=C(C)NC3=C2C(=O)CC(c2ccccc2)C3)c1OC. The number of anilines is 1. The first-order valence-corrected chi connectivity index (χ1v) is 12.6. The van der Waals surface area contributed by atoms with Gasteiger partial charge in [-0.25, -0.2) is 8.78 Å². The molecule has 2 atom stereocenters. The summed E-state index contributed by atoms with van der Waals surface area (Å²) in [7, 11) is 2.98. The Kier molecular flexibility index (Phi) is 7.19. The van der Waals surface area contributed by atoms with Gasteiger partial charge in [0.05, 0.1) is 20.1 Å². The van der Waals surface area contributed by atoms with Crippen molar-refractivity contribution in [3.05, 3.63) is 112 Å². The van der Waals surface area contributed by atoms with E-state index in [2.05, 4.69) is 10.6 Å². The van der Waals surface area contributed by atoms with Gasteiger partial charge in [-0.3, -0.25) is 9.59 Å². The van der Waals surface area contributed by atoms with Gasteiger partial charge in [-0.15, -0.1) is 0 Å². The molecule has 6 nitrogen and oxygen atoms in total. The predicted molar refractivity (Wildman–Crippen MR) is 144 cm³/mol. The number of rotatable bonds is 6. The highest BCUT2D eigenvalue weighted by Gasteiger charge is 2.42. The minimum atomic E-state index is -0.903. The van der Waals surface area contributed by atoms with E-state index in [-0.39, 0.29) is 23.7 Å². The number of ether oxygens (including phenoxy) is 2. The van der Waals surface area contributed by atoms with Crippen LogP contribution in [0.5, 0.6) is 11.5 Å². The molecule has 1 aliphatic carbocycles. The summed E-state index contributed by atoms with van der Waals surface area (Å²) in [6.45, 7) is 1.71. The molecule has 2 N–H and O–H groups in total. The van der Waals surface area contributed by atoms with Crippen LogP contribution in [-0.2, 0) is 9.59 Å². The van der Waals surface area contributed by atoms with Crippen molar-refractivity contribution in [3.8, 4) is 11.5 Å². The van der Waals surface area contributed by atoms with Gasteiger partial charge in [-0.05, 0) is 43.0 Å². The van der Waals surface area contributed by atoms with Crippen molar-refractivity contribution in [2.75, 3.05) is 19.5 Å². The maximum Gasteiger partial charge on any atom is 0.254 e. The molecular formula is C31H28F2N2O4. The Balaban J connectivity index is 1.65. The molecule has 0 bridgehead atoms. The van der Waals surface area contributed by atoms with Crippen molar-refractivity contribution in [3.63, 3.8) is 0 Å². The van der Waals surface area contributed by atoms with Gasteiger partial charge in [-0.2, -0.15) is 0 Å². The molecular weight excluding hydrogens is 502 g/mol. The summed E-state index contributed by atoms with van der Waals surface area (Å²) in [6, 6.07) is 18.4. The Morgan fingerprint density at radius 1 is 0.923 bits per heavy atom. The Morgan fingerprint density at radius 2 is 1.62 bits per heavy atom. The van der Waals surface area contributed by atoms with Crippen LogP contribution in [0.3, 0.4) is 0 Å². The number of Topliss-reactive ketones (excluding diaryl/α,β-unsaturated/α-hetero) is 1. The topological polar surface area (TPSA) is 76.7 Å². The van der Waals surface area contributed by atoms with Gasteiger partial charge in [0.1, 0.15) is 17.3 Å². The summed E-state index contributed by atoms with van der Waals surface area (Å²) in [4.78, 5) is 27.6. The van der Waals surface area contributed by atoms with Crippen LogP contribution in [0.15, 0.2) is 89.3 Å². The van der Waals surface area contributed by atoms with Crippen LogP contribution in [0.2, 0.25) is 0 Å². The lowest BCUT2D eigenvalue weighted by atomic mass is 9.71. The number of carbonyl (C=O) groups is 2.